The Hall–Kier alpha value is -3.44. The van der Waals surface area contributed by atoms with E-state index in [2.05, 4.69) is 4.74 Å². The smallest absolute Gasteiger partial charge is 0.350 e. The molecule has 0 heterocycles. The Morgan fingerprint density at radius 1 is 0.643 bits per heavy atom. The van der Waals surface area contributed by atoms with Crippen molar-refractivity contribution in [1.29, 1.82) is 0 Å². The first-order valence-electron chi connectivity index (χ1n) is 8.82. The summed E-state index contributed by atoms with van der Waals surface area (Å²) in [6.07, 6.45) is 2.19. The van der Waals surface area contributed by atoms with E-state index in [1.807, 2.05) is 91.0 Å². The molecule has 28 heavy (non-hydrogen) atoms. The first kappa shape index (κ1) is 19.3. The molecule has 140 valence electrons. The molecule has 3 rings (SSSR count). The van der Waals surface area contributed by atoms with Crippen LogP contribution in [-0.2, 0) is 18.8 Å². The van der Waals surface area contributed by atoms with Crippen LogP contribution in [0.2, 0.25) is 0 Å². The Labute approximate surface area is 165 Å². The number of hydrogen-bond acceptors (Lipinski definition) is 4. The average Bonchev–Trinajstić information content (AvgIpc) is 2.77. The molecule has 0 saturated carbocycles. The fraction of sp³-hybridized carbons (Fsp3) is 0.0435. The lowest BCUT2D eigenvalue weighted by Crippen LogP contribution is -2.69. The molecule has 3 aromatic carbocycles. The monoisotopic (exact) mass is 388 g/mol. The highest BCUT2D eigenvalue weighted by Crippen LogP contribution is 2.10. The molecular weight excluding hydrogens is 368 g/mol. The van der Waals surface area contributed by atoms with Gasteiger partial charge in [0.05, 0.1) is 7.11 Å². The second kappa shape index (κ2) is 8.97. The maximum atomic E-state index is 12.7. The minimum absolute atomic E-state index is 0.589. The van der Waals surface area contributed by atoms with Gasteiger partial charge in [0.1, 0.15) is 0 Å². The Morgan fingerprint density at radius 3 is 1.36 bits per heavy atom. The Kier molecular flexibility index (Phi) is 6.19. The Balaban J connectivity index is 2.18. The summed E-state index contributed by atoms with van der Waals surface area (Å²) in [5, 5.41) is 2.81. The Morgan fingerprint density at radius 2 is 1.00 bits per heavy atom. The molecule has 0 fully saturated rings. The van der Waals surface area contributed by atoms with E-state index in [1.165, 1.54) is 7.11 Å². The first-order valence-corrected chi connectivity index (χ1v) is 10.7. The SMILES string of the molecule is COC(=O)C=CC(=O)O[Si](c1ccccc1)(c1ccccc1)c1ccccc1. The van der Waals surface area contributed by atoms with Crippen molar-refractivity contribution in [3.8, 4) is 0 Å². The summed E-state index contributed by atoms with van der Waals surface area (Å²) in [6, 6.07) is 29.2. The highest BCUT2D eigenvalue weighted by Gasteiger charge is 2.44. The van der Waals surface area contributed by atoms with Crippen molar-refractivity contribution in [2.45, 2.75) is 0 Å². The van der Waals surface area contributed by atoms with Crippen LogP contribution in [-0.4, -0.2) is 27.4 Å². The molecule has 0 bridgehead atoms. The van der Waals surface area contributed by atoms with E-state index in [-0.39, 0.29) is 0 Å². The van der Waals surface area contributed by atoms with Gasteiger partial charge in [-0.25, -0.2) is 9.59 Å². The highest BCUT2D eigenvalue weighted by molar-refractivity contribution is 7.07. The van der Waals surface area contributed by atoms with Crippen LogP contribution < -0.4 is 15.6 Å². The van der Waals surface area contributed by atoms with Crippen molar-refractivity contribution in [1.82, 2.24) is 0 Å². The molecule has 3 aromatic rings. The van der Waals surface area contributed by atoms with E-state index in [9.17, 15) is 9.59 Å². The lowest BCUT2D eigenvalue weighted by Gasteiger charge is -2.31. The van der Waals surface area contributed by atoms with E-state index in [1.54, 1.807) is 0 Å². The van der Waals surface area contributed by atoms with E-state index in [0.717, 1.165) is 27.7 Å². The van der Waals surface area contributed by atoms with Gasteiger partial charge in [0.15, 0.2) is 0 Å². The van der Waals surface area contributed by atoms with Gasteiger partial charge < -0.3 is 9.16 Å². The summed E-state index contributed by atoms with van der Waals surface area (Å²) in [6.45, 7) is 0. The molecule has 0 spiro atoms. The molecule has 5 heteroatoms. The van der Waals surface area contributed by atoms with Gasteiger partial charge in [-0.1, -0.05) is 91.0 Å². The molecule has 0 aliphatic heterocycles. The molecule has 0 unspecified atom stereocenters. The lowest BCUT2D eigenvalue weighted by atomic mass is 10.3. The van der Waals surface area contributed by atoms with Gasteiger partial charge in [0, 0.05) is 12.2 Å². The number of hydrogen-bond donors (Lipinski definition) is 0. The summed E-state index contributed by atoms with van der Waals surface area (Å²) in [5.41, 5.74) is 0. The zero-order valence-electron chi connectivity index (χ0n) is 15.4. The van der Waals surface area contributed by atoms with Crippen LogP contribution >= 0.6 is 0 Å². The van der Waals surface area contributed by atoms with E-state index < -0.39 is 20.3 Å². The highest BCUT2D eigenvalue weighted by atomic mass is 28.4. The van der Waals surface area contributed by atoms with Crippen molar-refractivity contribution >= 4 is 35.8 Å². The molecule has 0 N–H and O–H groups in total. The van der Waals surface area contributed by atoms with E-state index in [4.69, 9.17) is 4.43 Å². The van der Waals surface area contributed by atoms with Crippen LogP contribution in [0.4, 0.5) is 0 Å². The van der Waals surface area contributed by atoms with Crippen molar-refractivity contribution in [3.63, 3.8) is 0 Å². The summed E-state index contributed by atoms with van der Waals surface area (Å²) in [4.78, 5) is 24.1. The minimum Gasteiger partial charge on any atom is -0.502 e. The number of rotatable bonds is 6. The fourth-order valence-corrected chi connectivity index (χ4v) is 6.79. The molecular formula is C23H20O4Si. The van der Waals surface area contributed by atoms with Crippen LogP contribution in [0.25, 0.3) is 0 Å². The van der Waals surface area contributed by atoms with Gasteiger partial charge in [-0.2, -0.15) is 0 Å². The normalized spacial score (nSPS) is 11.2. The van der Waals surface area contributed by atoms with Crippen molar-refractivity contribution < 1.29 is 18.8 Å². The summed E-state index contributed by atoms with van der Waals surface area (Å²) < 4.78 is 10.8. The van der Waals surface area contributed by atoms with Crippen molar-refractivity contribution in [3.05, 3.63) is 103 Å². The lowest BCUT2D eigenvalue weighted by molar-refractivity contribution is -0.135. The third-order valence-corrected chi connectivity index (χ3v) is 8.30. The first-order chi connectivity index (χ1) is 13.7. The zero-order chi connectivity index (χ0) is 19.8. The topological polar surface area (TPSA) is 52.6 Å². The number of esters is 1. The molecule has 0 aliphatic carbocycles. The standard InChI is InChI=1S/C23H20O4Si/c1-26-22(24)17-18-23(25)27-28(19-11-5-2-6-12-19,20-13-7-3-8-14-20)21-15-9-4-10-16-21/h2-18H,1H3. The minimum atomic E-state index is -3.12. The van der Waals surface area contributed by atoms with Crippen LogP contribution in [0.5, 0.6) is 0 Å². The van der Waals surface area contributed by atoms with Gasteiger partial charge in [0.25, 0.3) is 0 Å². The van der Waals surface area contributed by atoms with E-state index >= 15 is 0 Å². The van der Waals surface area contributed by atoms with Gasteiger partial charge in [-0.15, -0.1) is 0 Å². The second-order valence-electron chi connectivity index (χ2n) is 6.06. The molecule has 4 nitrogen and oxygen atoms in total. The largest absolute Gasteiger partial charge is 0.502 e. The van der Waals surface area contributed by atoms with Crippen molar-refractivity contribution in [2.75, 3.05) is 7.11 Å². The molecule has 0 aromatic heterocycles. The fourth-order valence-electron chi connectivity index (χ4n) is 3.08. The molecule has 0 saturated heterocycles. The van der Waals surface area contributed by atoms with Crippen molar-refractivity contribution in [2.24, 2.45) is 0 Å². The second-order valence-corrected chi connectivity index (χ2v) is 9.36. The third-order valence-electron chi connectivity index (χ3n) is 4.35. The summed E-state index contributed by atoms with van der Waals surface area (Å²) in [7, 11) is -1.86. The predicted molar refractivity (Wildman–Crippen MR) is 111 cm³/mol. The Bertz CT molecular complexity index is 857. The van der Waals surface area contributed by atoms with E-state index in [0.29, 0.717) is 0 Å². The molecule has 0 atom stereocenters. The van der Waals surface area contributed by atoms with Crippen LogP contribution in [0.15, 0.2) is 103 Å². The third kappa shape index (κ3) is 4.10. The summed E-state index contributed by atoms with van der Waals surface area (Å²) in [5.74, 6) is -1.20. The van der Waals surface area contributed by atoms with Gasteiger partial charge >= 0.3 is 20.3 Å². The maximum Gasteiger partial charge on any atom is 0.350 e. The predicted octanol–water partition coefficient (Wildman–Crippen LogP) is 1.93. The summed E-state index contributed by atoms with van der Waals surface area (Å²) >= 11 is 0. The number of ether oxygens (including phenoxy) is 1. The van der Waals surface area contributed by atoms with Gasteiger partial charge in [0.2, 0.25) is 0 Å². The number of benzene rings is 3. The average molecular weight is 388 g/mol. The molecule has 0 amide bonds. The number of methoxy groups -OCH3 is 1. The molecule has 0 radical (unpaired) electrons. The molecule has 0 aliphatic rings. The number of carbonyl (C=O) groups is 2. The quantitative estimate of drug-likeness (QED) is 0.280. The van der Waals surface area contributed by atoms with Crippen LogP contribution in [0, 0.1) is 0 Å². The number of carbonyl (C=O) groups excluding carboxylic acids is 2. The zero-order valence-corrected chi connectivity index (χ0v) is 16.4. The van der Waals surface area contributed by atoms with Gasteiger partial charge in [-0.3, -0.25) is 0 Å². The maximum absolute atomic E-state index is 12.7. The van der Waals surface area contributed by atoms with Crippen LogP contribution in [0.1, 0.15) is 0 Å². The van der Waals surface area contributed by atoms with Crippen LogP contribution in [0.3, 0.4) is 0 Å². The van der Waals surface area contributed by atoms with Gasteiger partial charge in [-0.05, 0) is 15.6 Å².